The van der Waals surface area contributed by atoms with Gasteiger partial charge in [0.05, 0.1) is 6.42 Å². The molecule has 6 nitrogen and oxygen atoms in total. The Morgan fingerprint density at radius 3 is 2.48 bits per heavy atom. The van der Waals surface area contributed by atoms with Crippen molar-refractivity contribution in [1.29, 1.82) is 0 Å². The molecule has 1 aliphatic rings. The summed E-state index contributed by atoms with van der Waals surface area (Å²) in [6, 6.07) is 10.2. The van der Waals surface area contributed by atoms with Gasteiger partial charge in [0.2, 0.25) is 17.7 Å². The van der Waals surface area contributed by atoms with Crippen molar-refractivity contribution in [2.45, 2.75) is 31.8 Å². The third-order valence-electron chi connectivity index (χ3n) is 4.83. The van der Waals surface area contributed by atoms with Crippen LogP contribution < -0.4 is 16.0 Å². The highest BCUT2D eigenvalue weighted by Gasteiger charge is 2.29. The van der Waals surface area contributed by atoms with Crippen LogP contribution in [0.2, 0.25) is 0 Å². The van der Waals surface area contributed by atoms with Gasteiger partial charge in [-0.25, -0.2) is 8.78 Å². The number of amides is 3. The van der Waals surface area contributed by atoms with Crippen molar-refractivity contribution in [2.75, 3.05) is 6.54 Å². The van der Waals surface area contributed by atoms with E-state index in [-0.39, 0.29) is 17.9 Å². The summed E-state index contributed by atoms with van der Waals surface area (Å²) in [5, 5.41) is 7.94. The van der Waals surface area contributed by atoms with Crippen molar-refractivity contribution >= 4 is 23.3 Å². The Bertz CT molecular complexity index is 988. The Morgan fingerprint density at radius 2 is 1.81 bits per heavy atom. The molecular formula is C23H23F2N3O3. The molecule has 8 heteroatoms. The monoisotopic (exact) mass is 427 g/mol. The van der Waals surface area contributed by atoms with Crippen LogP contribution in [0.5, 0.6) is 0 Å². The summed E-state index contributed by atoms with van der Waals surface area (Å²) >= 11 is 0. The molecule has 0 bridgehead atoms. The zero-order valence-corrected chi connectivity index (χ0v) is 17.0. The van der Waals surface area contributed by atoms with Crippen molar-refractivity contribution in [3.63, 3.8) is 0 Å². The fourth-order valence-electron chi connectivity index (χ4n) is 3.37. The van der Waals surface area contributed by atoms with Crippen molar-refractivity contribution in [3.05, 3.63) is 77.4 Å². The first kappa shape index (κ1) is 22.1. The molecule has 1 heterocycles. The van der Waals surface area contributed by atoms with Crippen molar-refractivity contribution < 1.29 is 23.2 Å². The number of carbonyl (C=O) groups excluding carboxylic acids is 3. The Balaban J connectivity index is 1.66. The molecule has 1 aliphatic heterocycles. The average Bonchev–Trinajstić information content (AvgIpc) is 2.89. The Kier molecular flexibility index (Phi) is 7.12. The SMILES string of the molecule is C[C@H](NC(=O)Cc1cc(F)cc(F)c1)C(=O)N[C@@H]1C(=O)NCCC=C1c1ccccc1. The first-order valence-electron chi connectivity index (χ1n) is 9.91. The third kappa shape index (κ3) is 5.97. The molecule has 2 aromatic rings. The third-order valence-corrected chi connectivity index (χ3v) is 4.83. The number of carbonyl (C=O) groups is 3. The summed E-state index contributed by atoms with van der Waals surface area (Å²) < 4.78 is 26.6. The maximum absolute atomic E-state index is 13.3. The minimum Gasteiger partial charge on any atom is -0.354 e. The minimum absolute atomic E-state index is 0.153. The fourth-order valence-corrected chi connectivity index (χ4v) is 3.37. The molecule has 0 spiro atoms. The lowest BCUT2D eigenvalue weighted by Gasteiger charge is -2.22. The minimum atomic E-state index is -0.959. The predicted octanol–water partition coefficient (Wildman–Crippen LogP) is 2.10. The summed E-state index contributed by atoms with van der Waals surface area (Å²) in [6.45, 7) is 1.93. The van der Waals surface area contributed by atoms with Gasteiger partial charge < -0.3 is 16.0 Å². The van der Waals surface area contributed by atoms with Crippen LogP contribution >= 0.6 is 0 Å². The lowest BCUT2D eigenvalue weighted by Crippen LogP contribution is -2.53. The second-order valence-electron chi connectivity index (χ2n) is 7.29. The van der Waals surface area contributed by atoms with Crippen LogP contribution in [0.4, 0.5) is 8.78 Å². The van der Waals surface area contributed by atoms with Gasteiger partial charge in [0, 0.05) is 12.6 Å². The van der Waals surface area contributed by atoms with Gasteiger partial charge in [-0.1, -0.05) is 36.4 Å². The van der Waals surface area contributed by atoms with Gasteiger partial charge >= 0.3 is 0 Å². The van der Waals surface area contributed by atoms with Crippen LogP contribution in [0, 0.1) is 11.6 Å². The lowest BCUT2D eigenvalue weighted by atomic mass is 9.97. The maximum atomic E-state index is 13.3. The molecule has 31 heavy (non-hydrogen) atoms. The molecule has 2 atom stereocenters. The molecule has 3 amide bonds. The lowest BCUT2D eigenvalue weighted by molar-refractivity contribution is -0.130. The van der Waals surface area contributed by atoms with E-state index < -0.39 is 35.5 Å². The van der Waals surface area contributed by atoms with Gasteiger partial charge in [-0.05, 0) is 42.2 Å². The van der Waals surface area contributed by atoms with E-state index in [0.717, 1.165) is 17.7 Å². The number of nitrogens with one attached hydrogen (secondary N) is 3. The van der Waals surface area contributed by atoms with Crippen molar-refractivity contribution in [1.82, 2.24) is 16.0 Å². The van der Waals surface area contributed by atoms with Crippen LogP contribution in [0.3, 0.4) is 0 Å². The molecule has 3 rings (SSSR count). The van der Waals surface area contributed by atoms with E-state index in [0.29, 0.717) is 24.6 Å². The van der Waals surface area contributed by atoms with Crippen LogP contribution in [0.15, 0.2) is 54.6 Å². The maximum Gasteiger partial charge on any atom is 0.247 e. The highest BCUT2D eigenvalue weighted by molar-refractivity contribution is 6.00. The summed E-state index contributed by atoms with van der Waals surface area (Å²) in [6.07, 6.45) is 2.24. The summed E-state index contributed by atoms with van der Waals surface area (Å²) in [5.41, 5.74) is 1.65. The van der Waals surface area contributed by atoms with E-state index in [2.05, 4.69) is 16.0 Å². The molecule has 0 saturated carbocycles. The summed E-state index contributed by atoms with van der Waals surface area (Å²) in [7, 11) is 0. The van der Waals surface area contributed by atoms with Gasteiger partial charge in [-0.15, -0.1) is 0 Å². The van der Waals surface area contributed by atoms with Gasteiger partial charge in [0.15, 0.2) is 0 Å². The quantitative estimate of drug-likeness (QED) is 0.660. The number of benzene rings is 2. The molecule has 3 N–H and O–H groups in total. The molecule has 162 valence electrons. The molecular weight excluding hydrogens is 404 g/mol. The zero-order valence-electron chi connectivity index (χ0n) is 17.0. The smallest absolute Gasteiger partial charge is 0.247 e. The van der Waals surface area contributed by atoms with Crippen molar-refractivity contribution in [2.24, 2.45) is 0 Å². The number of hydrogen-bond donors (Lipinski definition) is 3. The molecule has 0 aromatic heterocycles. The van der Waals surface area contributed by atoms with E-state index in [1.807, 2.05) is 36.4 Å². The Hall–Kier alpha value is -3.55. The number of hydrogen-bond acceptors (Lipinski definition) is 3. The van der Waals surface area contributed by atoms with Gasteiger partial charge in [-0.2, -0.15) is 0 Å². The predicted molar refractivity (Wildman–Crippen MR) is 112 cm³/mol. The van der Waals surface area contributed by atoms with E-state index >= 15 is 0 Å². The van der Waals surface area contributed by atoms with Crippen molar-refractivity contribution in [3.8, 4) is 0 Å². The largest absolute Gasteiger partial charge is 0.354 e. The summed E-state index contributed by atoms with van der Waals surface area (Å²) in [5.74, 6) is -3.03. The topological polar surface area (TPSA) is 87.3 Å². The first-order chi connectivity index (χ1) is 14.8. The van der Waals surface area contributed by atoms with Crippen LogP contribution in [0.1, 0.15) is 24.5 Å². The summed E-state index contributed by atoms with van der Waals surface area (Å²) in [4.78, 5) is 37.5. The second kappa shape index (κ2) is 9.97. The van der Waals surface area contributed by atoms with Gasteiger partial charge in [-0.3, -0.25) is 14.4 Å². The molecule has 0 saturated heterocycles. The molecule has 0 unspecified atom stereocenters. The highest BCUT2D eigenvalue weighted by atomic mass is 19.1. The Labute approximate surface area is 178 Å². The first-order valence-corrected chi connectivity index (χ1v) is 9.91. The van der Waals surface area contributed by atoms with Crippen LogP contribution in [-0.2, 0) is 20.8 Å². The zero-order chi connectivity index (χ0) is 22.4. The normalized spacial score (nSPS) is 17.1. The van der Waals surface area contributed by atoms with E-state index in [9.17, 15) is 23.2 Å². The second-order valence-corrected chi connectivity index (χ2v) is 7.29. The Morgan fingerprint density at radius 1 is 1.13 bits per heavy atom. The number of rotatable bonds is 6. The van der Waals surface area contributed by atoms with Gasteiger partial charge in [0.25, 0.3) is 0 Å². The highest BCUT2D eigenvalue weighted by Crippen LogP contribution is 2.21. The standard InChI is InChI=1S/C23H23F2N3O3/c1-14(27-20(29)12-15-10-17(24)13-18(25)11-15)22(30)28-21-19(8-5-9-26-23(21)31)16-6-3-2-4-7-16/h2-4,6-8,10-11,13-14,21H,5,9,12H2,1H3,(H,26,31)(H,27,29)(H,28,30)/t14-,21-/m0/s1. The van der Waals surface area contributed by atoms with E-state index in [4.69, 9.17) is 0 Å². The molecule has 2 aromatic carbocycles. The van der Waals surface area contributed by atoms with Crippen LogP contribution in [0.25, 0.3) is 5.57 Å². The molecule has 0 fully saturated rings. The van der Waals surface area contributed by atoms with Crippen LogP contribution in [-0.4, -0.2) is 36.3 Å². The van der Waals surface area contributed by atoms with E-state index in [1.165, 1.54) is 6.92 Å². The molecule has 0 radical (unpaired) electrons. The average molecular weight is 427 g/mol. The van der Waals surface area contributed by atoms with Gasteiger partial charge in [0.1, 0.15) is 23.7 Å². The molecule has 0 aliphatic carbocycles. The van der Waals surface area contributed by atoms with E-state index in [1.54, 1.807) is 0 Å². The number of halogens is 2. The fraction of sp³-hybridized carbons (Fsp3) is 0.261.